The Hall–Kier alpha value is -0.880. The second-order valence-corrected chi connectivity index (χ2v) is 4.31. The maximum absolute atomic E-state index is 10.4. The van der Waals surface area contributed by atoms with Crippen LogP contribution in [-0.2, 0) is 16.9 Å². The van der Waals surface area contributed by atoms with Gasteiger partial charge in [-0.15, -0.1) is 0 Å². The lowest BCUT2D eigenvalue weighted by Crippen LogP contribution is -2.44. The predicted molar refractivity (Wildman–Crippen MR) is 60.8 cm³/mol. The Kier molecular flexibility index (Phi) is 3.27. The van der Waals surface area contributed by atoms with Crippen molar-refractivity contribution in [2.45, 2.75) is 31.8 Å². The zero-order valence-corrected chi connectivity index (χ0v) is 10.4. The van der Waals surface area contributed by atoms with Gasteiger partial charge < -0.3 is 19.7 Å². The molecule has 94 valence electrons. The largest absolute Gasteiger partial charge is 0.481 e. The van der Waals surface area contributed by atoms with Gasteiger partial charge in [-0.1, -0.05) is 18.5 Å². The van der Waals surface area contributed by atoms with Gasteiger partial charge in [-0.25, -0.2) is 4.98 Å². The molecular weight excluding hydrogens is 246 g/mol. The molecule has 0 bridgehead atoms. The number of aliphatic hydroxyl groups is 2. The highest BCUT2D eigenvalue weighted by molar-refractivity contribution is 6.29. The first-order valence-electron chi connectivity index (χ1n) is 5.28. The number of hydrogen-bond donors (Lipinski definition) is 2. The van der Waals surface area contributed by atoms with Crippen LogP contribution >= 0.6 is 11.6 Å². The Morgan fingerprint density at radius 2 is 2.41 bits per heavy atom. The average molecular weight is 260 g/mol. The van der Waals surface area contributed by atoms with Crippen LogP contribution in [0, 0.1) is 0 Å². The van der Waals surface area contributed by atoms with E-state index in [0.717, 1.165) is 0 Å². The number of rotatable bonds is 2. The van der Waals surface area contributed by atoms with Crippen LogP contribution in [0.25, 0.3) is 0 Å². The standard InChI is InChI=1S/C11H14ClNO4/c1-3-11(15)7-4-8(12)13-9(16-2)6(7)5-17-10(11)14/h4,10,14-15H,3,5H2,1-2H3. The fourth-order valence-corrected chi connectivity index (χ4v) is 2.20. The molecule has 0 radical (unpaired) electrons. The fraction of sp³-hybridized carbons (Fsp3) is 0.545. The Balaban J connectivity index is 2.63. The molecule has 2 heterocycles. The molecule has 0 saturated carbocycles. The number of hydrogen-bond acceptors (Lipinski definition) is 5. The van der Waals surface area contributed by atoms with Crippen molar-refractivity contribution in [3.63, 3.8) is 0 Å². The molecule has 1 aromatic heterocycles. The fourth-order valence-electron chi connectivity index (χ4n) is 2.01. The van der Waals surface area contributed by atoms with Crippen molar-refractivity contribution in [1.29, 1.82) is 0 Å². The van der Waals surface area contributed by atoms with Crippen molar-refractivity contribution in [1.82, 2.24) is 4.98 Å². The van der Waals surface area contributed by atoms with Crippen LogP contribution in [0.2, 0.25) is 5.15 Å². The number of fused-ring (bicyclic) bond motifs is 1. The van der Waals surface area contributed by atoms with Crippen LogP contribution in [0.3, 0.4) is 0 Å². The molecule has 0 amide bonds. The van der Waals surface area contributed by atoms with Gasteiger partial charge in [0.2, 0.25) is 5.88 Å². The van der Waals surface area contributed by atoms with E-state index in [0.29, 0.717) is 23.4 Å². The van der Waals surface area contributed by atoms with Gasteiger partial charge >= 0.3 is 0 Å². The second kappa shape index (κ2) is 4.42. The third-order valence-corrected chi connectivity index (χ3v) is 3.24. The average Bonchev–Trinajstić information content (AvgIpc) is 2.33. The third-order valence-electron chi connectivity index (χ3n) is 3.05. The van der Waals surface area contributed by atoms with Crippen molar-refractivity contribution < 1.29 is 19.7 Å². The van der Waals surface area contributed by atoms with E-state index in [1.165, 1.54) is 13.2 Å². The van der Waals surface area contributed by atoms with Crippen LogP contribution in [0.4, 0.5) is 0 Å². The second-order valence-electron chi connectivity index (χ2n) is 3.92. The van der Waals surface area contributed by atoms with Crippen LogP contribution in [0.1, 0.15) is 24.5 Å². The summed E-state index contributed by atoms with van der Waals surface area (Å²) in [5, 5.41) is 20.4. The minimum absolute atomic E-state index is 0.131. The Morgan fingerprint density at radius 3 is 3.00 bits per heavy atom. The highest BCUT2D eigenvalue weighted by atomic mass is 35.5. The van der Waals surface area contributed by atoms with E-state index in [4.69, 9.17) is 21.1 Å². The molecule has 0 aliphatic carbocycles. The number of nitrogens with zero attached hydrogens (tertiary/aromatic N) is 1. The van der Waals surface area contributed by atoms with Crippen LogP contribution < -0.4 is 4.74 Å². The predicted octanol–water partition coefficient (Wildman–Crippen LogP) is 1.19. The number of aromatic nitrogens is 1. The summed E-state index contributed by atoms with van der Waals surface area (Å²) >= 11 is 5.87. The normalized spacial score (nSPS) is 27.7. The summed E-state index contributed by atoms with van der Waals surface area (Å²) in [6.07, 6.45) is -0.979. The Morgan fingerprint density at radius 1 is 1.71 bits per heavy atom. The summed E-state index contributed by atoms with van der Waals surface area (Å²) < 4.78 is 10.2. The monoisotopic (exact) mass is 259 g/mol. The molecule has 5 nitrogen and oxygen atoms in total. The molecule has 0 spiro atoms. The van der Waals surface area contributed by atoms with E-state index in [1.807, 2.05) is 0 Å². The van der Waals surface area contributed by atoms with Gasteiger partial charge in [0, 0.05) is 11.1 Å². The maximum Gasteiger partial charge on any atom is 0.220 e. The zero-order chi connectivity index (χ0) is 12.6. The maximum atomic E-state index is 10.4. The lowest BCUT2D eigenvalue weighted by Gasteiger charge is -2.37. The summed E-state index contributed by atoms with van der Waals surface area (Å²) in [4.78, 5) is 4.00. The molecule has 2 N–H and O–H groups in total. The van der Waals surface area contributed by atoms with Gasteiger partial charge in [-0.05, 0) is 12.5 Å². The minimum Gasteiger partial charge on any atom is -0.481 e. The first kappa shape index (κ1) is 12.6. The lowest BCUT2D eigenvalue weighted by molar-refractivity contribution is -0.236. The number of aliphatic hydroxyl groups excluding tert-OH is 1. The van der Waals surface area contributed by atoms with Crippen molar-refractivity contribution >= 4 is 11.6 Å². The quantitative estimate of drug-likeness (QED) is 0.781. The van der Waals surface area contributed by atoms with Gasteiger partial charge in [-0.2, -0.15) is 0 Å². The number of halogens is 1. The van der Waals surface area contributed by atoms with E-state index in [-0.39, 0.29) is 11.8 Å². The molecule has 0 aromatic carbocycles. The van der Waals surface area contributed by atoms with Gasteiger partial charge in [0.15, 0.2) is 6.29 Å². The molecule has 1 aromatic rings. The summed E-state index contributed by atoms with van der Waals surface area (Å²) in [7, 11) is 1.47. The molecule has 0 fully saturated rings. The Labute approximate surface area is 104 Å². The first-order valence-corrected chi connectivity index (χ1v) is 5.66. The molecule has 2 rings (SSSR count). The summed E-state index contributed by atoms with van der Waals surface area (Å²) in [6.45, 7) is 1.88. The number of ether oxygens (including phenoxy) is 2. The molecule has 17 heavy (non-hydrogen) atoms. The molecule has 6 heteroatoms. The van der Waals surface area contributed by atoms with E-state index in [2.05, 4.69) is 4.98 Å². The van der Waals surface area contributed by atoms with E-state index in [9.17, 15) is 10.2 Å². The molecule has 0 saturated heterocycles. The topological polar surface area (TPSA) is 71.8 Å². The molecule has 2 unspecified atom stereocenters. The van der Waals surface area contributed by atoms with Gasteiger partial charge in [0.25, 0.3) is 0 Å². The number of methoxy groups -OCH3 is 1. The molecule has 1 aliphatic rings. The van der Waals surface area contributed by atoms with E-state index >= 15 is 0 Å². The van der Waals surface area contributed by atoms with Gasteiger partial charge in [-0.3, -0.25) is 0 Å². The van der Waals surface area contributed by atoms with Crippen LogP contribution in [0.15, 0.2) is 6.07 Å². The molecule has 2 atom stereocenters. The Bertz CT molecular complexity index is 440. The summed E-state index contributed by atoms with van der Waals surface area (Å²) in [5.41, 5.74) is -0.352. The van der Waals surface area contributed by atoms with Crippen LogP contribution in [-0.4, -0.2) is 28.6 Å². The van der Waals surface area contributed by atoms with Crippen molar-refractivity contribution in [3.8, 4) is 5.88 Å². The van der Waals surface area contributed by atoms with Crippen molar-refractivity contribution in [3.05, 3.63) is 22.3 Å². The minimum atomic E-state index is -1.48. The van der Waals surface area contributed by atoms with Gasteiger partial charge in [0.05, 0.1) is 13.7 Å². The lowest BCUT2D eigenvalue weighted by atomic mass is 9.86. The number of pyridine rings is 1. The molecule has 1 aliphatic heterocycles. The zero-order valence-electron chi connectivity index (χ0n) is 9.61. The van der Waals surface area contributed by atoms with E-state index in [1.54, 1.807) is 6.92 Å². The van der Waals surface area contributed by atoms with Gasteiger partial charge in [0.1, 0.15) is 10.8 Å². The summed E-state index contributed by atoms with van der Waals surface area (Å²) in [5.74, 6) is 0.311. The molecular formula is C11H14ClNO4. The summed E-state index contributed by atoms with van der Waals surface area (Å²) in [6, 6.07) is 1.54. The van der Waals surface area contributed by atoms with Crippen molar-refractivity contribution in [2.24, 2.45) is 0 Å². The van der Waals surface area contributed by atoms with Crippen LogP contribution in [0.5, 0.6) is 5.88 Å². The highest BCUT2D eigenvalue weighted by Gasteiger charge is 2.43. The van der Waals surface area contributed by atoms with E-state index < -0.39 is 11.9 Å². The smallest absolute Gasteiger partial charge is 0.220 e. The highest BCUT2D eigenvalue weighted by Crippen LogP contribution is 2.40. The first-order chi connectivity index (χ1) is 8.02. The third kappa shape index (κ3) is 1.89. The van der Waals surface area contributed by atoms with Crippen molar-refractivity contribution in [2.75, 3.05) is 7.11 Å². The SMILES string of the molecule is CCC1(O)c2cc(Cl)nc(OC)c2COC1O.